The third-order valence-electron chi connectivity index (χ3n) is 2.67. The van der Waals surface area contributed by atoms with E-state index >= 15 is 0 Å². The van der Waals surface area contributed by atoms with Gasteiger partial charge in [0.1, 0.15) is 5.82 Å². The number of likely N-dealkylation sites (N-methyl/N-ethyl adjacent to an activating group) is 1. The smallest absolute Gasteiger partial charge is 0.224 e. The van der Waals surface area contributed by atoms with Crippen LogP contribution < -0.4 is 10.6 Å². The normalized spacial score (nSPS) is 10.6. The number of nitrogens with zero attached hydrogens (tertiary/aromatic N) is 4. The van der Waals surface area contributed by atoms with Crippen LogP contribution in [0, 0.1) is 0 Å². The SMILES string of the molecule is CN(C)CCNc1nccc(NCc2ccccn2)n1. The third-order valence-corrected chi connectivity index (χ3v) is 2.67. The summed E-state index contributed by atoms with van der Waals surface area (Å²) in [5.74, 6) is 1.43. The first-order valence-electron chi connectivity index (χ1n) is 6.59. The second kappa shape index (κ2) is 7.40. The summed E-state index contributed by atoms with van der Waals surface area (Å²) in [6.07, 6.45) is 3.52. The molecular formula is C14H20N6. The Morgan fingerprint density at radius 1 is 1.05 bits per heavy atom. The molecule has 0 aliphatic rings. The van der Waals surface area contributed by atoms with E-state index in [4.69, 9.17) is 0 Å². The van der Waals surface area contributed by atoms with Gasteiger partial charge in [-0.05, 0) is 32.3 Å². The van der Waals surface area contributed by atoms with Gasteiger partial charge in [-0.2, -0.15) is 4.98 Å². The molecule has 6 nitrogen and oxygen atoms in total. The van der Waals surface area contributed by atoms with Gasteiger partial charge in [0.15, 0.2) is 0 Å². The van der Waals surface area contributed by atoms with E-state index in [1.54, 1.807) is 12.4 Å². The molecule has 2 heterocycles. The topological polar surface area (TPSA) is 66.0 Å². The van der Waals surface area contributed by atoms with E-state index in [0.29, 0.717) is 12.5 Å². The predicted octanol–water partition coefficient (Wildman–Crippen LogP) is 1.46. The fourth-order valence-corrected chi connectivity index (χ4v) is 1.62. The molecule has 0 saturated heterocycles. The monoisotopic (exact) mass is 272 g/mol. The van der Waals surface area contributed by atoms with E-state index in [2.05, 4.69) is 30.5 Å². The average Bonchev–Trinajstić information content (AvgIpc) is 2.46. The van der Waals surface area contributed by atoms with Crippen LogP contribution in [-0.2, 0) is 6.54 Å². The first-order valence-corrected chi connectivity index (χ1v) is 6.59. The number of pyridine rings is 1. The highest BCUT2D eigenvalue weighted by molar-refractivity contribution is 5.39. The summed E-state index contributed by atoms with van der Waals surface area (Å²) in [6.45, 7) is 2.40. The van der Waals surface area contributed by atoms with Crippen LogP contribution in [0.4, 0.5) is 11.8 Å². The van der Waals surface area contributed by atoms with Crippen LogP contribution in [0.1, 0.15) is 5.69 Å². The number of anilines is 2. The fourth-order valence-electron chi connectivity index (χ4n) is 1.62. The van der Waals surface area contributed by atoms with Gasteiger partial charge in [0.25, 0.3) is 0 Å². The van der Waals surface area contributed by atoms with E-state index in [0.717, 1.165) is 24.6 Å². The van der Waals surface area contributed by atoms with Crippen LogP contribution in [0.2, 0.25) is 0 Å². The van der Waals surface area contributed by atoms with Gasteiger partial charge < -0.3 is 15.5 Å². The molecule has 0 radical (unpaired) electrons. The quantitative estimate of drug-likeness (QED) is 0.795. The standard InChI is InChI=1S/C14H20N6/c1-20(2)10-9-17-14-16-8-6-13(19-14)18-11-12-5-3-4-7-15-12/h3-8H,9-11H2,1-2H3,(H2,16,17,18,19). The first kappa shape index (κ1) is 14.2. The van der Waals surface area contributed by atoms with Gasteiger partial charge in [0.05, 0.1) is 12.2 Å². The molecule has 0 aliphatic heterocycles. The van der Waals surface area contributed by atoms with E-state index in [1.807, 2.05) is 38.4 Å². The minimum atomic E-state index is 0.637. The largest absolute Gasteiger partial charge is 0.364 e. The van der Waals surface area contributed by atoms with Crippen molar-refractivity contribution in [2.45, 2.75) is 6.54 Å². The minimum Gasteiger partial charge on any atom is -0.364 e. The maximum Gasteiger partial charge on any atom is 0.224 e. The molecule has 2 rings (SSSR count). The Kier molecular flexibility index (Phi) is 5.25. The molecule has 0 aromatic carbocycles. The molecule has 0 fully saturated rings. The van der Waals surface area contributed by atoms with Crippen molar-refractivity contribution in [1.29, 1.82) is 0 Å². The molecule has 2 aromatic heterocycles. The zero-order valence-corrected chi connectivity index (χ0v) is 11.9. The molecule has 0 atom stereocenters. The summed E-state index contributed by atoms with van der Waals surface area (Å²) in [7, 11) is 4.07. The van der Waals surface area contributed by atoms with Crippen LogP contribution >= 0.6 is 0 Å². The summed E-state index contributed by atoms with van der Waals surface area (Å²) in [5, 5.41) is 6.43. The Hall–Kier alpha value is -2.21. The molecule has 6 heteroatoms. The molecule has 0 bridgehead atoms. The van der Waals surface area contributed by atoms with Crippen molar-refractivity contribution in [2.75, 3.05) is 37.8 Å². The number of hydrogen-bond acceptors (Lipinski definition) is 6. The first-order chi connectivity index (χ1) is 9.74. The van der Waals surface area contributed by atoms with E-state index in [9.17, 15) is 0 Å². The van der Waals surface area contributed by atoms with E-state index in [-0.39, 0.29) is 0 Å². The predicted molar refractivity (Wildman–Crippen MR) is 80.6 cm³/mol. The summed E-state index contributed by atoms with van der Waals surface area (Å²) in [6, 6.07) is 7.70. The van der Waals surface area contributed by atoms with Crippen LogP contribution in [0.25, 0.3) is 0 Å². The Morgan fingerprint density at radius 3 is 2.70 bits per heavy atom. The molecule has 0 saturated carbocycles. The Morgan fingerprint density at radius 2 is 1.95 bits per heavy atom. The molecule has 20 heavy (non-hydrogen) atoms. The number of nitrogens with one attached hydrogen (secondary N) is 2. The Bertz CT molecular complexity index is 514. The molecule has 0 aliphatic carbocycles. The van der Waals surface area contributed by atoms with Crippen molar-refractivity contribution in [2.24, 2.45) is 0 Å². The van der Waals surface area contributed by atoms with Crippen molar-refractivity contribution in [3.05, 3.63) is 42.4 Å². The lowest BCUT2D eigenvalue weighted by atomic mass is 10.3. The number of hydrogen-bond donors (Lipinski definition) is 2. The van der Waals surface area contributed by atoms with E-state index < -0.39 is 0 Å². The summed E-state index contributed by atoms with van der Waals surface area (Å²) >= 11 is 0. The fraction of sp³-hybridized carbons (Fsp3) is 0.357. The van der Waals surface area contributed by atoms with Crippen LogP contribution in [0.15, 0.2) is 36.7 Å². The highest BCUT2D eigenvalue weighted by Crippen LogP contribution is 2.07. The molecular weight excluding hydrogens is 252 g/mol. The second-order valence-corrected chi connectivity index (χ2v) is 4.67. The van der Waals surface area contributed by atoms with Crippen molar-refractivity contribution < 1.29 is 0 Å². The zero-order valence-electron chi connectivity index (χ0n) is 11.9. The van der Waals surface area contributed by atoms with Crippen molar-refractivity contribution >= 4 is 11.8 Å². The zero-order chi connectivity index (χ0) is 14.2. The average molecular weight is 272 g/mol. The third kappa shape index (κ3) is 4.81. The molecule has 0 unspecified atom stereocenters. The maximum atomic E-state index is 4.41. The summed E-state index contributed by atoms with van der Waals surface area (Å²) in [5.41, 5.74) is 0.980. The van der Waals surface area contributed by atoms with Gasteiger partial charge in [-0.15, -0.1) is 0 Å². The molecule has 106 valence electrons. The highest BCUT2D eigenvalue weighted by atomic mass is 15.2. The van der Waals surface area contributed by atoms with Gasteiger partial charge in [-0.1, -0.05) is 6.07 Å². The summed E-state index contributed by atoms with van der Waals surface area (Å²) in [4.78, 5) is 15.0. The maximum absolute atomic E-state index is 4.41. The van der Waals surface area contributed by atoms with Gasteiger partial charge >= 0.3 is 0 Å². The van der Waals surface area contributed by atoms with E-state index in [1.165, 1.54) is 0 Å². The van der Waals surface area contributed by atoms with Crippen LogP contribution in [0.5, 0.6) is 0 Å². The minimum absolute atomic E-state index is 0.637. The van der Waals surface area contributed by atoms with Gasteiger partial charge in [0.2, 0.25) is 5.95 Å². The molecule has 0 spiro atoms. The van der Waals surface area contributed by atoms with Crippen molar-refractivity contribution in [3.63, 3.8) is 0 Å². The van der Waals surface area contributed by atoms with Crippen LogP contribution in [-0.4, -0.2) is 47.0 Å². The van der Waals surface area contributed by atoms with Gasteiger partial charge in [-0.3, -0.25) is 4.98 Å². The highest BCUT2D eigenvalue weighted by Gasteiger charge is 1.99. The van der Waals surface area contributed by atoms with Gasteiger partial charge in [0, 0.05) is 25.5 Å². The number of aromatic nitrogens is 3. The van der Waals surface area contributed by atoms with Gasteiger partial charge in [-0.25, -0.2) is 4.98 Å². The molecule has 2 N–H and O–H groups in total. The second-order valence-electron chi connectivity index (χ2n) is 4.67. The number of rotatable bonds is 7. The summed E-state index contributed by atoms with van der Waals surface area (Å²) < 4.78 is 0. The van der Waals surface area contributed by atoms with Crippen molar-refractivity contribution in [3.8, 4) is 0 Å². The lowest BCUT2D eigenvalue weighted by Gasteiger charge is -2.11. The van der Waals surface area contributed by atoms with Crippen LogP contribution in [0.3, 0.4) is 0 Å². The lowest BCUT2D eigenvalue weighted by Crippen LogP contribution is -2.21. The van der Waals surface area contributed by atoms with Crippen molar-refractivity contribution in [1.82, 2.24) is 19.9 Å². The Balaban J connectivity index is 1.86. The molecule has 2 aromatic rings. The molecule has 0 amide bonds. The Labute approximate surface area is 119 Å². The lowest BCUT2D eigenvalue weighted by molar-refractivity contribution is 0.425.